The van der Waals surface area contributed by atoms with Gasteiger partial charge in [0, 0.05) is 36.1 Å². The fourth-order valence-electron chi connectivity index (χ4n) is 8.85. The number of rotatable bonds is 4. The van der Waals surface area contributed by atoms with E-state index < -0.39 is 5.60 Å². The summed E-state index contributed by atoms with van der Waals surface area (Å²) in [4.78, 5) is 42.2. The number of hydrogen-bond donors (Lipinski definition) is 1. The summed E-state index contributed by atoms with van der Waals surface area (Å²) in [6, 6.07) is 19.9. The third-order valence-corrected chi connectivity index (χ3v) is 10.9. The molecule has 7 heteroatoms. The van der Waals surface area contributed by atoms with E-state index in [9.17, 15) is 14.4 Å². The number of likely N-dealkylation sites (tertiary alicyclic amines) is 1. The van der Waals surface area contributed by atoms with Crippen LogP contribution in [-0.2, 0) is 14.3 Å². The lowest BCUT2D eigenvalue weighted by Crippen LogP contribution is -2.60. The van der Waals surface area contributed by atoms with Crippen LogP contribution >= 0.6 is 0 Å². The third-order valence-electron chi connectivity index (χ3n) is 10.9. The molecule has 43 heavy (non-hydrogen) atoms. The smallest absolute Gasteiger partial charge is 0.414 e. The SMILES string of the molecule is CC(C)(C)OC(=O)N1C[C@H]2[C@@H]3CC[C@H](C(=O)NN(c4ccccc4)c4ccccc4)[C@@]3(C)CC[C@@H]2[C@@]2(C)CCC(=O)C=C12. The number of hydrogen-bond acceptors (Lipinski definition) is 5. The molecule has 2 aromatic rings. The highest BCUT2D eigenvalue weighted by atomic mass is 16.6. The van der Waals surface area contributed by atoms with E-state index in [2.05, 4.69) is 19.3 Å². The van der Waals surface area contributed by atoms with Crippen molar-refractivity contribution in [2.24, 2.45) is 34.5 Å². The van der Waals surface area contributed by atoms with Crippen LogP contribution in [0.25, 0.3) is 0 Å². The zero-order valence-electron chi connectivity index (χ0n) is 26.1. The van der Waals surface area contributed by atoms with Gasteiger partial charge in [-0.05, 0) is 100 Å². The highest BCUT2D eigenvalue weighted by Gasteiger charge is 2.62. The Morgan fingerprint density at radius 3 is 2.14 bits per heavy atom. The molecule has 2 aromatic carbocycles. The molecule has 0 unspecified atom stereocenters. The van der Waals surface area contributed by atoms with Gasteiger partial charge in [-0.1, -0.05) is 50.2 Å². The number of carbonyl (C=O) groups is 3. The van der Waals surface area contributed by atoms with E-state index in [1.165, 1.54) is 0 Å². The molecule has 1 heterocycles. The maximum atomic E-state index is 14.2. The van der Waals surface area contributed by atoms with Gasteiger partial charge in [-0.25, -0.2) is 4.79 Å². The summed E-state index contributed by atoms with van der Waals surface area (Å²) in [5.74, 6) is 0.880. The number of benzene rings is 2. The van der Waals surface area contributed by atoms with E-state index >= 15 is 0 Å². The molecule has 6 rings (SSSR count). The minimum Gasteiger partial charge on any atom is -0.443 e. The number of nitrogens with one attached hydrogen (secondary N) is 1. The molecule has 2 amide bonds. The van der Waals surface area contributed by atoms with Crippen LogP contribution in [0, 0.1) is 34.5 Å². The fraction of sp³-hybridized carbons (Fsp3) is 0.528. The van der Waals surface area contributed by atoms with Crippen molar-refractivity contribution in [1.82, 2.24) is 10.3 Å². The minimum absolute atomic E-state index is 0.0472. The van der Waals surface area contributed by atoms with Crippen molar-refractivity contribution in [2.75, 3.05) is 11.6 Å². The quantitative estimate of drug-likeness (QED) is 0.379. The van der Waals surface area contributed by atoms with Crippen molar-refractivity contribution in [3.8, 4) is 0 Å². The van der Waals surface area contributed by atoms with Crippen molar-refractivity contribution < 1.29 is 19.1 Å². The molecule has 6 atom stereocenters. The lowest BCUT2D eigenvalue weighted by Gasteiger charge is -2.60. The number of allylic oxidation sites excluding steroid dienone is 2. The first-order chi connectivity index (χ1) is 20.4. The molecule has 4 aliphatic rings. The van der Waals surface area contributed by atoms with Crippen LogP contribution in [0.2, 0.25) is 0 Å². The molecule has 3 fully saturated rings. The average Bonchev–Trinajstić information content (AvgIpc) is 3.33. The van der Waals surface area contributed by atoms with Gasteiger partial charge in [0.25, 0.3) is 0 Å². The first kappa shape index (κ1) is 29.5. The van der Waals surface area contributed by atoms with Crippen molar-refractivity contribution in [3.05, 3.63) is 72.4 Å². The third kappa shape index (κ3) is 5.25. The molecule has 1 N–H and O–H groups in total. The maximum Gasteiger partial charge on any atom is 0.414 e. The predicted octanol–water partition coefficient (Wildman–Crippen LogP) is 7.42. The van der Waals surface area contributed by atoms with Crippen LogP contribution in [0.4, 0.5) is 16.2 Å². The molecule has 1 aliphatic heterocycles. The topological polar surface area (TPSA) is 79.0 Å². The molecule has 0 bridgehead atoms. The Kier molecular flexibility index (Phi) is 7.42. The molecule has 0 aromatic heterocycles. The van der Waals surface area contributed by atoms with Gasteiger partial charge in [-0.15, -0.1) is 0 Å². The molecule has 3 aliphatic carbocycles. The second-order valence-corrected chi connectivity index (χ2v) is 14.5. The Hall–Kier alpha value is -3.61. The zero-order chi connectivity index (χ0) is 30.6. The summed E-state index contributed by atoms with van der Waals surface area (Å²) in [5, 5.41) is 1.90. The first-order valence-corrected chi connectivity index (χ1v) is 15.9. The summed E-state index contributed by atoms with van der Waals surface area (Å²) in [6.45, 7) is 10.7. The number of amides is 2. The van der Waals surface area contributed by atoms with Gasteiger partial charge in [-0.3, -0.25) is 24.9 Å². The van der Waals surface area contributed by atoms with Gasteiger partial charge < -0.3 is 4.74 Å². The van der Waals surface area contributed by atoms with Crippen molar-refractivity contribution in [2.45, 2.75) is 78.7 Å². The van der Waals surface area contributed by atoms with Gasteiger partial charge in [0.2, 0.25) is 5.91 Å². The molecular formula is C36H45N3O4. The summed E-state index contributed by atoms with van der Waals surface area (Å²) in [7, 11) is 0. The highest BCUT2D eigenvalue weighted by molar-refractivity contribution is 5.92. The molecule has 0 radical (unpaired) electrons. The average molecular weight is 584 g/mol. The van der Waals surface area contributed by atoms with Crippen molar-refractivity contribution >= 4 is 29.2 Å². The Morgan fingerprint density at radius 1 is 0.907 bits per heavy atom. The van der Waals surface area contributed by atoms with Crippen LogP contribution < -0.4 is 10.4 Å². The Labute approximate surface area is 255 Å². The summed E-state index contributed by atoms with van der Waals surface area (Å²) < 4.78 is 5.88. The number of hydrazine groups is 1. The number of ether oxygens (including phenoxy) is 1. The standard InChI is InChI=1S/C36H45N3O4/c1-34(2,3)43-33(42)38-23-27-28-16-17-30(35(28,4)21-19-29(27)36(5)20-18-26(40)22-31(36)38)32(41)37-39(24-12-8-6-9-13-24)25-14-10-7-11-15-25/h6-15,22,27-30H,16-21,23H2,1-5H3,(H,37,41)/t27-,28-,29-,30+,35-,36+/m0/s1. The van der Waals surface area contributed by atoms with E-state index in [4.69, 9.17) is 4.74 Å². The molecule has 1 saturated heterocycles. The minimum atomic E-state index is -0.634. The maximum absolute atomic E-state index is 14.2. The number of nitrogens with zero attached hydrogens (tertiary/aromatic N) is 2. The predicted molar refractivity (Wildman–Crippen MR) is 167 cm³/mol. The molecule has 7 nitrogen and oxygen atoms in total. The number of fused-ring (bicyclic) bond motifs is 5. The molecular weight excluding hydrogens is 538 g/mol. The first-order valence-electron chi connectivity index (χ1n) is 15.9. The van der Waals surface area contributed by atoms with E-state index in [1.54, 1.807) is 11.0 Å². The number of anilines is 2. The van der Waals surface area contributed by atoms with E-state index in [-0.39, 0.29) is 40.4 Å². The van der Waals surface area contributed by atoms with Gasteiger partial charge in [0.05, 0.1) is 11.4 Å². The lowest BCUT2D eigenvalue weighted by molar-refractivity contribution is -0.134. The van der Waals surface area contributed by atoms with E-state index in [0.29, 0.717) is 24.8 Å². The normalized spacial score (nSPS) is 31.7. The Morgan fingerprint density at radius 2 is 1.53 bits per heavy atom. The number of carbonyl (C=O) groups excluding carboxylic acids is 3. The van der Waals surface area contributed by atoms with E-state index in [1.807, 2.05) is 86.4 Å². The highest BCUT2D eigenvalue weighted by Crippen LogP contribution is 2.65. The summed E-state index contributed by atoms with van der Waals surface area (Å²) in [6.07, 6.45) is 6.29. The van der Waals surface area contributed by atoms with Gasteiger partial charge in [0.1, 0.15) is 5.60 Å². The van der Waals surface area contributed by atoms with E-state index in [0.717, 1.165) is 49.2 Å². The number of ketones is 1. The second-order valence-electron chi connectivity index (χ2n) is 14.5. The summed E-state index contributed by atoms with van der Waals surface area (Å²) >= 11 is 0. The van der Waals surface area contributed by atoms with Crippen LogP contribution in [0.3, 0.4) is 0 Å². The van der Waals surface area contributed by atoms with Crippen LogP contribution in [0.1, 0.15) is 73.1 Å². The van der Waals surface area contributed by atoms with Gasteiger partial charge in [-0.2, -0.15) is 0 Å². The summed E-state index contributed by atoms with van der Waals surface area (Å²) in [5.41, 5.74) is 4.85. The molecule has 0 spiro atoms. The largest absolute Gasteiger partial charge is 0.443 e. The van der Waals surface area contributed by atoms with Crippen molar-refractivity contribution in [1.29, 1.82) is 0 Å². The molecule has 2 saturated carbocycles. The van der Waals surface area contributed by atoms with Gasteiger partial charge >= 0.3 is 6.09 Å². The number of para-hydroxylation sites is 2. The van der Waals surface area contributed by atoms with Crippen LogP contribution in [-0.4, -0.2) is 34.8 Å². The van der Waals surface area contributed by atoms with Gasteiger partial charge in [0.15, 0.2) is 5.78 Å². The second kappa shape index (κ2) is 10.8. The Balaban J connectivity index is 1.29. The Bertz CT molecular complexity index is 1380. The fourth-order valence-corrected chi connectivity index (χ4v) is 8.85. The number of piperidine rings is 1. The van der Waals surface area contributed by atoms with Crippen LogP contribution in [0.5, 0.6) is 0 Å². The zero-order valence-corrected chi connectivity index (χ0v) is 26.1. The van der Waals surface area contributed by atoms with Crippen LogP contribution in [0.15, 0.2) is 72.4 Å². The lowest BCUT2D eigenvalue weighted by atomic mass is 9.49. The monoisotopic (exact) mass is 583 g/mol. The van der Waals surface area contributed by atoms with Crippen molar-refractivity contribution in [3.63, 3.8) is 0 Å². The molecule has 228 valence electrons.